The topological polar surface area (TPSA) is 85.1 Å². The van der Waals surface area contributed by atoms with Crippen LogP contribution in [0.2, 0.25) is 0 Å². The molecule has 0 fully saturated rings. The Labute approximate surface area is 124 Å². The molecule has 118 valence electrons. The molecule has 0 spiro atoms. The fourth-order valence-corrected chi connectivity index (χ4v) is 1.84. The van der Waals surface area contributed by atoms with Crippen LogP contribution in [-0.2, 0) is 25.4 Å². The third-order valence-corrected chi connectivity index (χ3v) is 3.01. The Bertz CT molecular complexity index is 637. The number of nitrogens with one attached hydrogen (secondary N) is 2. The molecule has 0 saturated carbocycles. The van der Waals surface area contributed by atoms with Crippen molar-refractivity contribution in [2.45, 2.75) is 45.8 Å². The van der Waals surface area contributed by atoms with Crippen LogP contribution in [-0.4, -0.2) is 26.6 Å². The van der Waals surface area contributed by atoms with Gasteiger partial charge in [0.15, 0.2) is 0 Å². The van der Waals surface area contributed by atoms with Crippen molar-refractivity contribution >= 4 is 5.91 Å². The summed E-state index contributed by atoms with van der Waals surface area (Å²) in [6.07, 6.45) is 1.49. The molecule has 2 N–H and O–H groups in total. The highest BCUT2D eigenvalue weighted by molar-refractivity contribution is 5.81. The molecule has 1 unspecified atom stereocenters. The van der Waals surface area contributed by atoms with Gasteiger partial charge in [-0.15, -0.1) is 0 Å². The van der Waals surface area contributed by atoms with Gasteiger partial charge in [-0.05, 0) is 27.7 Å². The van der Waals surface area contributed by atoms with Gasteiger partial charge in [0.05, 0.1) is 6.04 Å². The number of nitrogens with zero attached hydrogens (tertiary/aromatic N) is 2. The lowest BCUT2D eigenvalue weighted by Gasteiger charge is -2.23. The monoisotopic (exact) mass is 296 g/mol. The fraction of sp³-hybridized carbons (Fsp3) is 0.643. The van der Waals surface area contributed by atoms with Gasteiger partial charge in [0, 0.05) is 37.9 Å². The first-order valence-corrected chi connectivity index (χ1v) is 6.84. The quantitative estimate of drug-likeness (QED) is 0.783. The summed E-state index contributed by atoms with van der Waals surface area (Å²) < 4.78 is 2.40. The highest BCUT2D eigenvalue weighted by atomic mass is 16.2. The summed E-state index contributed by atoms with van der Waals surface area (Å²) in [5.74, 6) is -0.135. The van der Waals surface area contributed by atoms with Crippen LogP contribution in [0.4, 0.5) is 0 Å². The summed E-state index contributed by atoms with van der Waals surface area (Å²) in [4.78, 5) is 35.5. The molecule has 7 heteroatoms. The number of carbonyl (C=O) groups excluding carboxylic acids is 1. The van der Waals surface area contributed by atoms with E-state index in [1.54, 1.807) is 14.0 Å². The number of amides is 1. The first-order valence-electron chi connectivity index (χ1n) is 6.84. The Morgan fingerprint density at radius 2 is 1.86 bits per heavy atom. The van der Waals surface area contributed by atoms with Crippen molar-refractivity contribution in [3.63, 3.8) is 0 Å². The predicted molar refractivity (Wildman–Crippen MR) is 81.1 cm³/mol. The zero-order valence-corrected chi connectivity index (χ0v) is 13.5. The molecule has 0 saturated heterocycles. The molecule has 0 aliphatic rings. The molecule has 0 aromatic carbocycles. The van der Waals surface area contributed by atoms with Crippen LogP contribution in [0.1, 0.15) is 33.3 Å². The van der Waals surface area contributed by atoms with E-state index in [0.717, 1.165) is 4.57 Å². The van der Waals surface area contributed by atoms with Crippen LogP contribution >= 0.6 is 0 Å². The van der Waals surface area contributed by atoms with Crippen LogP contribution in [0.3, 0.4) is 0 Å². The Morgan fingerprint density at radius 3 is 2.38 bits per heavy atom. The second-order valence-corrected chi connectivity index (χ2v) is 6.25. The lowest BCUT2D eigenvalue weighted by atomic mass is 10.1. The second kappa shape index (κ2) is 6.26. The highest BCUT2D eigenvalue weighted by Crippen LogP contribution is 1.99. The van der Waals surface area contributed by atoms with E-state index in [4.69, 9.17) is 0 Å². The molecule has 21 heavy (non-hydrogen) atoms. The summed E-state index contributed by atoms with van der Waals surface area (Å²) in [6, 6.07) is -0.439. The summed E-state index contributed by atoms with van der Waals surface area (Å²) in [5.41, 5.74) is -0.592. The van der Waals surface area contributed by atoms with E-state index in [-0.39, 0.29) is 29.2 Å². The molecular formula is C14H24N4O3. The number of aromatic nitrogens is 2. The van der Waals surface area contributed by atoms with Crippen molar-refractivity contribution in [3.05, 3.63) is 32.6 Å². The molecule has 1 amide bonds. The van der Waals surface area contributed by atoms with Gasteiger partial charge in [-0.3, -0.25) is 14.2 Å². The average Bonchev–Trinajstić information content (AvgIpc) is 2.36. The predicted octanol–water partition coefficient (Wildman–Crippen LogP) is -0.523. The molecule has 0 aliphatic carbocycles. The molecule has 1 rings (SSSR count). The van der Waals surface area contributed by atoms with Crippen molar-refractivity contribution in [2.24, 2.45) is 14.1 Å². The van der Waals surface area contributed by atoms with Crippen molar-refractivity contribution in [1.82, 2.24) is 19.8 Å². The van der Waals surface area contributed by atoms with Crippen molar-refractivity contribution in [3.8, 4) is 0 Å². The normalized spacial score (nSPS) is 13.0. The minimum Gasteiger partial charge on any atom is -0.350 e. The maximum Gasteiger partial charge on any atom is 0.330 e. The summed E-state index contributed by atoms with van der Waals surface area (Å²) in [7, 11) is 3.02. The zero-order chi connectivity index (χ0) is 16.4. The van der Waals surface area contributed by atoms with Crippen molar-refractivity contribution < 1.29 is 4.79 Å². The standard InChI is InChI=1S/C14H24N4O3/c1-9(11(19)16-14(2,3)4)15-7-10-8-17(5)13(21)18(6)12(10)20/h8-9,15H,7H2,1-6H3,(H,16,19). The largest absolute Gasteiger partial charge is 0.350 e. The van der Waals surface area contributed by atoms with Gasteiger partial charge in [-0.2, -0.15) is 0 Å². The molecule has 1 aromatic rings. The number of rotatable bonds is 4. The van der Waals surface area contributed by atoms with Crippen molar-refractivity contribution in [2.75, 3.05) is 0 Å². The SMILES string of the molecule is CC(NCc1cn(C)c(=O)n(C)c1=O)C(=O)NC(C)(C)C. The Kier molecular flexibility index (Phi) is 5.11. The summed E-state index contributed by atoms with van der Waals surface area (Å²) in [5, 5.41) is 5.86. The third kappa shape index (κ3) is 4.56. The molecule has 1 heterocycles. The number of aryl methyl sites for hydroxylation is 1. The van der Waals surface area contributed by atoms with Gasteiger partial charge < -0.3 is 15.2 Å². The van der Waals surface area contributed by atoms with E-state index in [1.807, 2.05) is 20.8 Å². The molecule has 7 nitrogen and oxygen atoms in total. The van der Waals surface area contributed by atoms with Crippen LogP contribution in [0, 0.1) is 0 Å². The minimum absolute atomic E-state index is 0.135. The molecule has 0 bridgehead atoms. The maximum absolute atomic E-state index is 12.0. The third-order valence-electron chi connectivity index (χ3n) is 3.01. The minimum atomic E-state index is -0.439. The highest BCUT2D eigenvalue weighted by Gasteiger charge is 2.19. The van der Waals surface area contributed by atoms with Gasteiger partial charge in [0.25, 0.3) is 5.56 Å². The molecule has 1 atom stereocenters. The Morgan fingerprint density at radius 1 is 1.29 bits per heavy atom. The average molecular weight is 296 g/mol. The Hall–Kier alpha value is -1.89. The van der Waals surface area contributed by atoms with Gasteiger partial charge >= 0.3 is 5.69 Å². The number of hydrogen-bond donors (Lipinski definition) is 2. The van der Waals surface area contributed by atoms with Crippen LogP contribution in [0.25, 0.3) is 0 Å². The van der Waals surface area contributed by atoms with E-state index in [1.165, 1.54) is 17.8 Å². The molecule has 0 aliphatic heterocycles. The molecule has 1 aromatic heterocycles. The van der Waals surface area contributed by atoms with Gasteiger partial charge in [-0.25, -0.2) is 4.79 Å². The van der Waals surface area contributed by atoms with Crippen molar-refractivity contribution in [1.29, 1.82) is 0 Å². The zero-order valence-electron chi connectivity index (χ0n) is 13.5. The van der Waals surface area contributed by atoms with Crippen LogP contribution in [0.5, 0.6) is 0 Å². The second-order valence-electron chi connectivity index (χ2n) is 6.25. The molecular weight excluding hydrogens is 272 g/mol. The summed E-state index contributed by atoms with van der Waals surface area (Å²) in [6.45, 7) is 7.66. The van der Waals surface area contributed by atoms with Gasteiger partial charge in [0.1, 0.15) is 0 Å². The molecule has 0 radical (unpaired) electrons. The van der Waals surface area contributed by atoms with Gasteiger partial charge in [-0.1, -0.05) is 0 Å². The summed E-state index contributed by atoms with van der Waals surface area (Å²) >= 11 is 0. The van der Waals surface area contributed by atoms with E-state index in [2.05, 4.69) is 10.6 Å². The first-order chi connectivity index (χ1) is 9.53. The van der Waals surface area contributed by atoms with Gasteiger partial charge in [0.2, 0.25) is 5.91 Å². The fourth-order valence-electron chi connectivity index (χ4n) is 1.84. The van der Waals surface area contributed by atoms with E-state index < -0.39 is 6.04 Å². The maximum atomic E-state index is 12.0. The lowest BCUT2D eigenvalue weighted by molar-refractivity contribution is -0.124. The Balaban J connectivity index is 2.79. The first kappa shape index (κ1) is 17.2. The smallest absolute Gasteiger partial charge is 0.330 e. The van der Waals surface area contributed by atoms with Crippen LogP contribution < -0.4 is 21.9 Å². The number of carbonyl (C=O) groups is 1. The van der Waals surface area contributed by atoms with E-state index >= 15 is 0 Å². The van der Waals surface area contributed by atoms with E-state index in [9.17, 15) is 14.4 Å². The van der Waals surface area contributed by atoms with Crippen LogP contribution in [0.15, 0.2) is 15.8 Å². The van der Waals surface area contributed by atoms with E-state index in [0.29, 0.717) is 5.56 Å². The lowest BCUT2D eigenvalue weighted by Crippen LogP contribution is -2.50. The number of hydrogen-bond acceptors (Lipinski definition) is 4.